The Hall–Kier alpha value is -2.99. The Morgan fingerprint density at radius 3 is 2.40 bits per heavy atom. The fourth-order valence-corrected chi connectivity index (χ4v) is 3.55. The lowest BCUT2D eigenvalue weighted by Gasteiger charge is -2.09. The first-order valence-electron chi connectivity index (χ1n) is 7.66. The third kappa shape index (κ3) is 4.30. The molecule has 0 amide bonds. The van der Waals surface area contributed by atoms with E-state index < -0.39 is 15.7 Å². The summed E-state index contributed by atoms with van der Waals surface area (Å²) in [6, 6.07) is 23.2. The topological polar surface area (TPSA) is 72.2 Å². The van der Waals surface area contributed by atoms with E-state index in [1.54, 1.807) is 18.2 Å². The summed E-state index contributed by atoms with van der Waals surface area (Å²) in [5.74, 6) is 0.385. The fourth-order valence-electron chi connectivity index (χ4n) is 2.44. The Kier molecular flexibility index (Phi) is 5.20. The number of para-hydroxylation sites is 2. The van der Waals surface area contributed by atoms with Crippen molar-refractivity contribution in [3.63, 3.8) is 0 Å². The number of nitro benzene ring substituents is 1. The van der Waals surface area contributed by atoms with Crippen LogP contribution in [0, 0.1) is 10.1 Å². The molecule has 0 spiro atoms. The van der Waals surface area contributed by atoms with Crippen molar-refractivity contribution in [1.82, 2.24) is 0 Å². The van der Waals surface area contributed by atoms with Crippen molar-refractivity contribution in [2.45, 2.75) is 10.6 Å². The zero-order valence-corrected chi connectivity index (χ0v) is 14.1. The minimum Gasteiger partial charge on any atom is -0.350 e. The summed E-state index contributed by atoms with van der Waals surface area (Å²) < 4.78 is 12.4. The zero-order valence-electron chi connectivity index (χ0n) is 13.3. The number of hydrogen-bond acceptors (Lipinski definition) is 4. The van der Waals surface area contributed by atoms with Crippen molar-refractivity contribution in [1.29, 1.82) is 0 Å². The number of nitro groups is 1. The minimum absolute atomic E-state index is 0.0146. The van der Waals surface area contributed by atoms with Gasteiger partial charge in [0.05, 0.1) is 21.5 Å². The molecule has 3 aromatic carbocycles. The summed E-state index contributed by atoms with van der Waals surface area (Å²) in [5, 5.41) is 14.2. The molecule has 3 rings (SSSR count). The van der Waals surface area contributed by atoms with Gasteiger partial charge < -0.3 is 5.32 Å². The third-order valence-electron chi connectivity index (χ3n) is 3.61. The highest BCUT2D eigenvalue weighted by Crippen LogP contribution is 2.27. The average Bonchev–Trinajstić information content (AvgIpc) is 2.63. The van der Waals surface area contributed by atoms with Gasteiger partial charge in [0.2, 0.25) is 0 Å². The molecule has 25 heavy (non-hydrogen) atoms. The van der Waals surface area contributed by atoms with E-state index in [4.69, 9.17) is 0 Å². The van der Waals surface area contributed by atoms with E-state index in [2.05, 4.69) is 5.32 Å². The second-order valence-electron chi connectivity index (χ2n) is 5.40. The molecule has 0 aliphatic rings. The molecule has 0 heterocycles. The molecule has 6 heteroatoms. The monoisotopic (exact) mass is 352 g/mol. The van der Waals surface area contributed by atoms with Crippen LogP contribution in [0.3, 0.4) is 0 Å². The van der Waals surface area contributed by atoms with Crippen molar-refractivity contribution < 1.29 is 9.13 Å². The molecule has 0 saturated carbocycles. The summed E-state index contributed by atoms with van der Waals surface area (Å²) in [6.07, 6.45) is 0. The Morgan fingerprint density at radius 2 is 1.64 bits per heavy atom. The smallest absolute Gasteiger partial charge is 0.292 e. The van der Waals surface area contributed by atoms with Gasteiger partial charge in [0.15, 0.2) is 0 Å². The number of anilines is 2. The SMILES string of the molecule is O=[N+]([O-])c1ccccc1Nc1cccc(CS(=O)c2ccccc2)c1. The van der Waals surface area contributed by atoms with Gasteiger partial charge in [0.1, 0.15) is 5.69 Å². The van der Waals surface area contributed by atoms with Crippen molar-refractivity contribution in [3.8, 4) is 0 Å². The Labute approximate surface area is 147 Å². The van der Waals surface area contributed by atoms with Gasteiger partial charge in [-0.3, -0.25) is 14.3 Å². The normalized spacial score (nSPS) is 11.7. The molecule has 1 unspecified atom stereocenters. The van der Waals surface area contributed by atoms with E-state index in [-0.39, 0.29) is 5.69 Å². The Balaban J connectivity index is 1.78. The fraction of sp³-hybridized carbons (Fsp3) is 0.0526. The van der Waals surface area contributed by atoms with Crippen molar-refractivity contribution in [2.75, 3.05) is 5.32 Å². The van der Waals surface area contributed by atoms with Gasteiger partial charge in [-0.15, -0.1) is 0 Å². The first-order chi connectivity index (χ1) is 12.1. The van der Waals surface area contributed by atoms with Gasteiger partial charge in [-0.05, 0) is 35.9 Å². The summed E-state index contributed by atoms with van der Waals surface area (Å²) in [4.78, 5) is 11.5. The molecule has 0 aliphatic heterocycles. The van der Waals surface area contributed by atoms with Crippen LogP contribution in [-0.2, 0) is 16.6 Å². The van der Waals surface area contributed by atoms with Crippen molar-refractivity contribution in [2.24, 2.45) is 0 Å². The van der Waals surface area contributed by atoms with Crippen LogP contribution in [0.15, 0.2) is 83.8 Å². The quantitative estimate of drug-likeness (QED) is 0.518. The van der Waals surface area contributed by atoms with Gasteiger partial charge in [0.25, 0.3) is 5.69 Å². The van der Waals surface area contributed by atoms with Crippen LogP contribution >= 0.6 is 0 Å². The van der Waals surface area contributed by atoms with Gasteiger partial charge in [-0.1, -0.05) is 42.5 Å². The molecule has 3 aromatic rings. The first kappa shape index (κ1) is 16.9. The van der Waals surface area contributed by atoms with Crippen LogP contribution in [0.2, 0.25) is 0 Å². The number of benzene rings is 3. The van der Waals surface area contributed by atoms with Crippen molar-refractivity contribution in [3.05, 3.63) is 94.5 Å². The lowest BCUT2D eigenvalue weighted by atomic mass is 10.2. The van der Waals surface area contributed by atoms with E-state index in [0.29, 0.717) is 11.4 Å². The van der Waals surface area contributed by atoms with Crippen LogP contribution < -0.4 is 5.32 Å². The molecule has 0 aliphatic carbocycles. The largest absolute Gasteiger partial charge is 0.350 e. The number of hydrogen-bond donors (Lipinski definition) is 1. The predicted molar refractivity (Wildman–Crippen MR) is 99.4 cm³/mol. The summed E-state index contributed by atoms with van der Waals surface area (Å²) >= 11 is 0. The van der Waals surface area contributed by atoms with E-state index >= 15 is 0 Å². The summed E-state index contributed by atoms with van der Waals surface area (Å²) in [5.41, 5.74) is 2.05. The first-order valence-corrected chi connectivity index (χ1v) is 8.98. The van der Waals surface area contributed by atoms with Crippen LogP contribution in [0.4, 0.5) is 17.1 Å². The maximum Gasteiger partial charge on any atom is 0.292 e. The van der Waals surface area contributed by atoms with Gasteiger partial charge in [0, 0.05) is 16.6 Å². The van der Waals surface area contributed by atoms with E-state index in [0.717, 1.165) is 16.1 Å². The second kappa shape index (κ2) is 7.72. The maximum absolute atomic E-state index is 12.4. The molecule has 0 fully saturated rings. The minimum atomic E-state index is -1.14. The second-order valence-corrected chi connectivity index (χ2v) is 6.85. The third-order valence-corrected chi connectivity index (χ3v) is 5.00. The van der Waals surface area contributed by atoms with Gasteiger partial charge >= 0.3 is 0 Å². The molecule has 0 radical (unpaired) electrons. The molecular weight excluding hydrogens is 336 g/mol. The van der Waals surface area contributed by atoms with Crippen molar-refractivity contribution >= 4 is 27.9 Å². The highest BCUT2D eigenvalue weighted by molar-refractivity contribution is 7.84. The van der Waals surface area contributed by atoms with E-state index in [1.165, 1.54) is 6.07 Å². The predicted octanol–water partition coefficient (Wildman–Crippen LogP) is 4.65. The summed E-state index contributed by atoms with van der Waals surface area (Å²) in [7, 11) is -1.14. The van der Waals surface area contributed by atoms with Crippen LogP contribution in [0.1, 0.15) is 5.56 Å². The molecule has 126 valence electrons. The van der Waals surface area contributed by atoms with Crippen LogP contribution in [0.5, 0.6) is 0 Å². The molecule has 0 aromatic heterocycles. The average molecular weight is 352 g/mol. The molecular formula is C19H16N2O3S. The van der Waals surface area contributed by atoms with Crippen LogP contribution in [-0.4, -0.2) is 9.13 Å². The molecule has 1 N–H and O–H groups in total. The van der Waals surface area contributed by atoms with Crippen LogP contribution in [0.25, 0.3) is 0 Å². The maximum atomic E-state index is 12.4. The standard InChI is InChI=1S/C19H16N2O3S/c22-21(23)19-12-5-4-11-18(19)20-16-8-6-7-15(13-16)14-25(24)17-9-2-1-3-10-17/h1-13,20H,14H2. The summed E-state index contributed by atoms with van der Waals surface area (Å²) in [6.45, 7) is 0. The molecule has 0 saturated heterocycles. The number of nitrogens with one attached hydrogen (secondary N) is 1. The zero-order chi connectivity index (χ0) is 17.6. The number of rotatable bonds is 6. The number of nitrogens with zero attached hydrogens (tertiary/aromatic N) is 1. The highest BCUT2D eigenvalue weighted by atomic mass is 32.2. The Morgan fingerprint density at radius 1 is 0.920 bits per heavy atom. The lowest BCUT2D eigenvalue weighted by Crippen LogP contribution is -1.99. The molecule has 5 nitrogen and oxygen atoms in total. The Bertz CT molecular complexity index is 913. The molecule has 1 atom stereocenters. The van der Waals surface area contributed by atoms with E-state index in [1.807, 2.05) is 54.6 Å². The van der Waals surface area contributed by atoms with Gasteiger partial charge in [-0.2, -0.15) is 0 Å². The highest BCUT2D eigenvalue weighted by Gasteiger charge is 2.12. The lowest BCUT2D eigenvalue weighted by molar-refractivity contribution is -0.383. The van der Waals surface area contributed by atoms with Gasteiger partial charge in [-0.25, -0.2) is 0 Å². The van der Waals surface area contributed by atoms with E-state index in [9.17, 15) is 14.3 Å². The molecule has 0 bridgehead atoms.